The van der Waals surface area contributed by atoms with Crippen LogP contribution in [0.25, 0.3) is 10.8 Å². The molecule has 1 aromatic heterocycles. The van der Waals surface area contributed by atoms with Gasteiger partial charge in [0.1, 0.15) is 5.78 Å². The van der Waals surface area contributed by atoms with Crippen molar-refractivity contribution in [1.29, 1.82) is 0 Å². The minimum absolute atomic E-state index is 0.0382. The van der Waals surface area contributed by atoms with Crippen molar-refractivity contribution in [2.45, 2.75) is 18.8 Å². The number of rotatable bonds is 5. The number of fused-ring (bicyclic) bond motifs is 1. The number of ketones is 1. The number of carbonyl (C=O) groups excluding carboxylic acids is 2. The molecule has 2 atom stereocenters. The van der Waals surface area contributed by atoms with E-state index in [1.807, 2.05) is 42.6 Å². The van der Waals surface area contributed by atoms with Crippen LogP contribution >= 0.6 is 0 Å². The number of primary amides is 1. The van der Waals surface area contributed by atoms with Crippen LogP contribution in [0.5, 0.6) is 0 Å². The number of hydrogen-bond donors (Lipinski definition) is 1. The second kappa shape index (κ2) is 6.13. The Morgan fingerprint density at radius 1 is 1.08 bits per heavy atom. The Hall–Kier alpha value is -3.01. The minimum atomic E-state index is -0.434. The van der Waals surface area contributed by atoms with Gasteiger partial charge in [0.05, 0.1) is 0 Å². The number of pyridine rings is 1. The van der Waals surface area contributed by atoms with Gasteiger partial charge in [-0.05, 0) is 47.1 Å². The van der Waals surface area contributed by atoms with E-state index in [4.69, 9.17) is 5.73 Å². The standard InChI is InChI=1S/C21H18N2O2/c22-21(25)16-3-1-2-15(10-16)18-11-19(18)20(24)9-13-4-5-17-12-23-7-6-14(17)8-13/h1-8,10,12,18-19H,9,11H2,(H2,22,25)/t18-,19+/m0/s1. The van der Waals surface area contributed by atoms with E-state index in [1.54, 1.807) is 12.3 Å². The van der Waals surface area contributed by atoms with Crippen molar-refractivity contribution in [2.75, 3.05) is 0 Å². The molecular weight excluding hydrogens is 312 g/mol. The van der Waals surface area contributed by atoms with E-state index in [-0.39, 0.29) is 17.6 Å². The molecule has 1 aliphatic rings. The normalized spacial score (nSPS) is 18.9. The minimum Gasteiger partial charge on any atom is -0.366 e. The summed E-state index contributed by atoms with van der Waals surface area (Å²) in [5.41, 5.74) is 7.89. The largest absolute Gasteiger partial charge is 0.366 e. The maximum Gasteiger partial charge on any atom is 0.248 e. The Morgan fingerprint density at radius 2 is 1.96 bits per heavy atom. The lowest BCUT2D eigenvalue weighted by Gasteiger charge is -2.05. The van der Waals surface area contributed by atoms with Crippen molar-refractivity contribution in [3.63, 3.8) is 0 Å². The van der Waals surface area contributed by atoms with Gasteiger partial charge in [-0.15, -0.1) is 0 Å². The van der Waals surface area contributed by atoms with Gasteiger partial charge < -0.3 is 5.73 Å². The van der Waals surface area contributed by atoms with Crippen molar-refractivity contribution in [2.24, 2.45) is 11.7 Å². The van der Waals surface area contributed by atoms with Crippen molar-refractivity contribution in [3.05, 3.63) is 77.6 Å². The molecule has 1 aliphatic carbocycles. The molecule has 25 heavy (non-hydrogen) atoms. The van der Waals surface area contributed by atoms with E-state index >= 15 is 0 Å². The lowest BCUT2D eigenvalue weighted by molar-refractivity contribution is -0.119. The lowest BCUT2D eigenvalue weighted by atomic mass is 10.00. The number of nitrogens with zero attached hydrogens (tertiary/aromatic N) is 1. The van der Waals surface area contributed by atoms with Crippen LogP contribution in [0.1, 0.15) is 33.8 Å². The predicted octanol–water partition coefficient (Wildman–Crippen LogP) is 3.25. The summed E-state index contributed by atoms with van der Waals surface area (Å²) in [6, 6.07) is 15.3. The van der Waals surface area contributed by atoms with Crippen LogP contribution in [0.15, 0.2) is 60.9 Å². The zero-order chi connectivity index (χ0) is 17.4. The SMILES string of the molecule is NC(=O)c1cccc([C@@H]2C[C@H]2C(=O)Cc2ccc3cnccc3c2)c1. The first-order valence-electron chi connectivity index (χ1n) is 8.37. The fraction of sp³-hybridized carbons (Fsp3) is 0.190. The number of benzene rings is 2. The van der Waals surface area contributed by atoms with E-state index in [1.165, 1.54) is 0 Å². The van der Waals surface area contributed by atoms with E-state index < -0.39 is 5.91 Å². The zero-order valence-electron chi connectivity index (χ0n) is 13.7. The topological polar surface area (TPSA) is 73.1 Å². The van der Waals surface area contributed by atoms with Gasteiger partial charge >= 0.3 is 0 Å². The van der Waals surface area contributed by atoms with E-state index in [9.17, 15) is 9.59 Å². The van der Waals surface area contributed by atoms with E-state index in [2.05, 4.69) is 11.1 Å². The summed E-state index contributed by atoms with van der Waals surface area (Å²) < 4.78 is 0. The molecule has 0 aliphatic heterocycles. The summed E-state index contributed by atoms with van der Waals surface area (Å²) in [6.07, 6.45) is 4.87. The Balaban J connectivity index is 1.47. The van der Waals surface area contributed by atoms with Crippen LogP contribution in [0, 0.1) is 5.92 Å². The van der Waals surface area contributed by atoms with Gasteiger partial charge in [0.2, 0.25) is 5.91 Å². The Kier molecular flexibility index (Phi) is 3.80. The number of hydrogen-bond acceptors (Lipinski definition) is 3. The Morgan fingerprint density at radius 3 is 2.80 bits per heavy atom. The van der Waals surface area contributed by atoms with Gasteiger partial charge in [-0.3, -0.25) is 14.6 Å². The highest BCUT2D eigenvalue weighted by molar-refractivity contribution is 5.93. The Labute approximate surface area is 145 Å². The smallest absolute Gasteiger partial charge is 0.248 e. The first-order valence-corrected chi connectivity index (χ1v) is 8.37. The first-order chi connectivity index (χ1) is 12.1. The third-order valence-electron chi connectivity index (χ3n) is 4.89. The molecule has 4 heteroatoms. The average Bonchev–Trinajstić information content (AvgIpc) is 3.43. The zero-order valence-corrected chi connectivity index (χ0v) is 13.7. The van der Waals surface area contributed by atoms with Crippen LogP contribution in [-0.4, -0.2) is 16.7 Å². The molecule has 0 radical (unpaired) electrons. The molecule has 2 aromatic carbocycles. The van der Waals surface area contributed by atoms with Gasteiger partial charge in [0.15, 0.2) is 0 Å². The van der Waals surface area contributed by atoms with Crippen LogP contribution in [0.3, 0.4) is 0 Å². The quantitative estimate of drug-likeness (QED) is 0.780. The summed E-state index contributed by atoms with van der Waals surface area (Å²) >= 11 is 0. The predicted molar refractivity (Wildman–Crippen MR) is 96.3 cm³/mol. The molecule has 2 N–H and O–H groups in total. The lowest BCUT2D eigenvalue weighted by Crippen LogP contribution is -2.11. The molecule has 1 amide bonds. The van der Waals surface area contributed by atoms with Crippen LogP contribution in [-0.2, 0) is 11.2 Å². The van der Waals surface area contributed by atoms with Gasteiger partial charge in [0, 0.05) is 35.7 Å². The molecule has 1 saturated carbocycles. The summed E-state index contributed by atoms with van der Waals surface area (Å²) in [5.74, 6) is 0.0617. The molecule has 0 spiro atoms. The number of carbonyl (C=O) groups is 2. The van der Waals surface area contributed by atoms with Crippen molar-refractivity contribution >= 4 is 22.5 Å². The van der Waals surface area contributed by atoms with Crippen molar-refractivity contribution in [1.82, 2.24) is 4.98 Å². The molecule has 0 saturated heterocycles. The maximum atomic E-state index is 12.6. The molecular formula is C21H18N2O2. The fourth-order valence-electron chi connectivity index (χ4n) is 3.42. The van der Waals surface area contributed by atoms with Gasteiger partial charge in [0.25, 0.3) is 0 Å². The second-order valence-corrected chi connectivity index (χ2v) is 6.64. The fourth-order valence-corrected chi connectivity index (χ4v) is 3.42. The van der Waals surface area contributed by atoms with Gasteiger partial charge in [-0.1, -0.05) is 30.3 Å². The summed E-state index contributed by atoms with van der Waals surface area (Å²) in [4.78, 5) is 28.0. The van der Waals surface area contributed by atoms with E-state index in [0.717, 1.165) is 28.3 Å². The molecule has 4 nitrogen and oxygen atoms in total. The first kappa shape index (κ1) is 15.5. The van der Waals surface area contributed by atoms with Crippen molar-refractivity contribution < 1.29 is 9.59 Å². The highest BCUT2D eigenvalue weighted by Crippen LogP contribution is 2.48. The molecule has 1 fully saturated rings. The second-order valence-electron chi connectivity index (χ2n) is 6.64. The van der Waals surface area contributed by atoms with Crippen molar-refractivity contribution in [3.8, 4) is 0 Å². The summed E-state index contributed by atoms with van der Waals surface area (Å²) in [7, 11) is 0. The molecule has 3 aromatic rings. The molecule has 4 rings (SSSR count). The number of Topliss-reactive ketones (excluding diaryl/α,β-unsaturated/α-hetero) is 1. The number of amides is 1. The highest BCUT2D eigenvalue weighted by atomic mass is 16.1. The average molecular weight is 330 g/mol. The van der Waals surface area contributed by atoms with Gasteiger partial charge in [-0.25, -0.2) is 0 Å². The third-order valence-corrected chi connectivity index (χ3v) is 4.89. The van der Waals surface area contributed by atoms with Crippen LogP contribution < -0.4 is 5.73 Å². The summed E-state index contributed by atoms with van der Waals surface area (Å²) in [5, 5.41) is 2.17. The molecule has 0 bridgehead atoms. The molecule has 124 valence electrons. The third kappa shape index (κ3) is 3.15. The van der Waals surface area contributed by atoms with E-state index in [0.29, 0.717) is 12.0 Å². The number of aromatic nitrogens is 1. The molecule has 1 heterocycles. The number of nitrogens with two attached hydrogens (primary N) is 1. The Bertz CT molecular complexity index is 980. The van der Waals surface area contributed by atoms with Crippen LogP contribution in [0.2, 0.25) is 0 Å². The monoisotopic (exact) mass is 330 g/mol. The summed E-state index contributed by atoms with van der Waals surface area (Å²) in [6.45, 7) is 0. The van der Waals surface area contributed by atoms with Crippen LogP contribution in [0.4, 0.5) is 0 Å². The highest BCUT2D eigenvalue weighted by Gasteiger charge is 2.43. The van der Waals surface area contributed by atoms with Gasteiger partial charge in [-0.2, -0.15) is 0 Å². The maximum absolute atomic E-state index is 12.6. The molecule has 0 unspecified atom stereocenters.